The van der Waals surface area contributed by atoms with Gasteiger partial charge in [0.05, 0.1) is 13.1 Å². The van der Waals surface area contributed by atoms with E-state index in [1.807, 2.05) is 0 Å². The highest BCUT2D eigenvalue weighted by molar-refractivity contribution is 5.78. The smallest absolute Gasteiger partial charge is 0.221 e. The van der Waals surface area contributed by atoms with E-state index in [1.165, 1.54) is 76.5 Å². The molecular weight excluding hydrogens is 358 g/mol. The fourth-order valence-corrected chi connectivity index (χ4v) is 4.58. The zero-order valence-electron chi connectivity index (χ0n) is 19.8. The lowest BCUT2D eigenvalue weighted by molar-refractivity contribution is -0.861. The second-order valence-electron chi connectivity index (χ2n) is 8.73. The third-order valence-electron chi connectivity index (χ3n) is 6.45. The van der Waals surface area contributed by atoms with E-state index in [-0.39, 0.29) is 12.1 Å². The summed E-state index contributed by atoms with van der Waals surface area (Å²) in [7, 11) is 0. The molecule has 4 nitrogen and oxygen atoms in total. The molecule has 0 aromatic carbocycles. The van der Waals surface area contributed by atoms with Crippen LogP contribution in [-0.2, 0) is 4.79 Å². The van der Waals surface area contributed by atoms with Gasteiger partial charge in [-0.2, -0.15) is 0 Å². The fourth-order valence-electron chi connectivity index (χ4n) is 4.58. The largest absolute Gasteiger partial charge is 0.307 e. The van der Waals surface area contributed by atoms with Crippen LogP contribution in [-0.4, -0.2) is 42.0 Å². The Hall–Kier alpha value is -1.16. The van der Waals surface area contributed by atoms with Crippen molar-refractivity contribution in [1.29, 1.82) is 0 Å². The molecule has 1 rings (SSSR count). The van der Waals surface area contributed by atoms with Gasteiger partial charge in [0.15, 0.2) is 12.0 Å². The molecule has 4 heteroatoms. The molecule has 1 aliphatic heterocycles. The molecule has 2 atom stereocenters. The number of quaternary nitrogens is 1. The van der Waals surface area contributed by atoms with E-state index in [9.17, 15) is 4.79 Å². The van der Waals surface area contributed by atoms with Crippen molar-refractivity contribution in [2.45, 2.75) is 117 Å². The van der Waals surface area contributed by atoms with Gasteiger partial charge in [-0.25, -0.2) is 4.99 Å². The van der Waals surface area contributed by atoms with Crippen molar-refractivity contribution in [3.63, 3.8) is 0 Å². The molecule has 0 aliphatic carbocycles. The van der Waals surface area contributed by atoms with Crippen LogP contribution in [0.2, 0.25) is 0 Å². The summed E-state index contributed by atoms with van der Waals surface area (Å²) in [5.41, 5.74) is 0. The standard InChI is InChI=1S/C25H47N3O/c1-5-7-8-9-10-11-12-13-14-15-16-17-18-19-20-25-26-21-22-28(25,6-2)23(3)27-24(4)29/h17-18,23H,5-16,19-22H2,1-4H3/p+1/b18-17+. The van der Waals surface area contributed by atoms with Gasteiger partial charge in [0, 0.05) is 20.3 Å². The summed E-state index contributed by atoms with van der Waals surface area (Å²) in [6.45, 7) is 11.1. The molecule has 2 unspecified atom stereocenters. The maximum absolute atomic E-state index is 11.5. The molecule has 0 saturated heterocycles. The number of amides is 1. The highest BCUT2D eigenvalue weighted by Crippen LogP contribution is 2.22. The number of nitrogens with one attached hydrogen (secondary N) is 1. The molecule has 1 N–H and O–H groups in total. The lowest BCUT2D eigenvalue weighted by Crippen LogP contribution is -2.62. The maximum Gasteiger partial charge on any atom is 0.221 e. The molecule has 0 bridgehead atoms. The van der Waals surface area contributed by atoms with Crippen LogP contribution in [0.1, 0.15) is 111 Å². The Kier molecular flexibility index (Phi) is 14.0. The van der Waals surface area contributed by atoms with E-state index in [0.29, 0.717) is 0 Å². The van der Waals surface area contributed by atoms with E-state index in [2.05, 4.69) is 38.2 Å². The molecule has 168 valence electrons. The summed E-state index contributed by atoms with van der Waals surface area (Å²) in [5.74, 6) is 1.31. The predicted molar refractivity (Wildman–Crippen MR) is 126 cm³/mol. The van der Waals surface area contributed by atoms with E-state index >= 15 is 0 Å². The summed E-state index contributed by atoms with van der Waals surface area (Å²) in [4.78, 5) is 16.3. The quantitative estimate of drug-likeness (QED) is 0.170. The topological polar surface area (TPSA) is 41.5 Å². The van der Waals surface area contributed by atoms with Crippen molar-refractivity contribution in [2.24, 2.45) is 4.99 Å². The molecule has 0 aromatic rings. The van der Waals surface area contributed by atoms with Crippen molar-refractivity contribution >= 4 is 11.7 Å². The molecular formula is C25H48N3O+. The Morgan fingerprint density at radius 2 is 1.59 bits per heavy atom. The zero-order valence-corrected chi connectivity index (χ0v) is 19.8. The molecule has 29 heavy (non-hydrogen) atoms. The number of carbonyl (C=O) groups is 1. The zero-order chi connectivity index (χ0) is 21.4. The van der Waals surface area contributed by atoms with Gasteiger partial charge in [-0.05, 0) is 26.2 Å². The maximum atomic E-state index is 11.5. The Labute approximate surface area is 180 Å². The number of carbonyl (C=O) groups excluding carboxylic acids is 1. The van der Waals surface area contributed by atoms with E-state index < -0.39 is 0 Å². The molecule has 0 spiro atoms. The summed E-state index contributed by atoms with van der Waals surface area (Å²) < 4.78 is 0.825. The van der Waals surface area contributed by atoms with Crippen LogP contribution in [0.15, 0.2) is 17.1 Å². The van der Waals surface area contributed by atoms with Gasteiger partial charge in [0.25, 0.3) is 0 Å². The Morgan fingerprint density at radius 3 is 2.17 bits per heavy atom. The molecule has 1 aliphatic rings. The lowest BCUT2D eigenvalue weighted by atomic mass is 10.1. The molecule has 0 saturated carbocycles. The Bertz CT molecular complexity index is 500. The first-order chi connectivity index (χ1) is 14.1. The van der Waals surface area contributed by atoms with Gasteiger partial charge in [-0.15, -0.1) is 0 Å². The van der Waals surface area contributed by atoms with Crippen molar-refractivity contribution in [2.75, 3.05) is 19.6 Å². The third kappa shape index (κ3) is 9.93. The van der Waals surface area contributed by atoms with Crippen LogP contribution in [0.5, 0.6) is 0 Å². The van der Waals surface area contributed by atoms with E-state index in [0.717, 1.165) is 37.0 Å². The minimum atomic E-state index is 0.0473. The van der Waals surface area contributed by atoms with Gasteiger partial charge in [0.2, 0.25) is 5.91 Å². The van der Waals surface area contributed by atoms with Crippen LogP contribution in [0, 0.1) is 0 Å². The van der Waals surface area contributed by atoms with Crippen LogP contribution in [0.3, 0.4) is 0 Å². The minimum absolute atomic E-state index is 0.0473. The van der Waals surface area contributed by atoms with Crippen molar-refractivity contribution in [1.82, 2.24) is 5.32 Å². The van der Waals surface area contributed by atoms with Crippen molar-refractivity contribution < 1.29 is 9.28 Å². The first-order valence-corrected chi connectivity index (χ1v) is 12.4. The number of unbranched alkanes of at least 4 members (excludes halogenated alkanes) is 10. The fraction of sp³-hybridized carbons (Fsp3) is 0.840. The van der Waals surface area contributed by atoms with Crippen molar-refractivity contribution in [3.8, 4) is 0 Å². The number of nitrogens with zero attached hydrogens (tertiary/aromatic N) is 2. The number of allylic oxidation sites excluding steroid dienone is 2. The van der Waals surface area contributed by atoms with Gasteiger partial charge >= 0.3 is 0 Å². The summed E-state index contributed by atoms with van der Waals surface area (Å²) in [6.07, 6.45) is 22.1. The second-order valence-corrected chi connectivity index (χ2v) is 8.73. The van der Waals surface area contributed by atoms with Gasteiger partial charge < -0.3 is 5.32 Å². The third-order valence-corrected chi connectivity index (χ3v) is 6.45. The van der Waals surface area contributed by atoms with Gasteiger partial charge in [-0.3, -0.25) is 9.28 Å². The van der Waals surface area contributed by atoms with E-state index in [4.69, 9.17) is 4.99 Å². The summed E-state index contributed by atoms with van der Waals surface area (Å²) in [6, 6.07) is 0. The van der Waals surface area contributed by atoms with Crippen molar-refractivity contribution in [3.05, 3.63) is 12.2 Å². The van der Waals surface area contributed by atoms with E-state index in [1.54, 1.807) is 6.92 Å². The molecule has 0 aromatic heterocycles. The monoisotopic (exact) mass is 406 g/mol. The molecule has 0 fully saturated rings. The number of hydrogen-bond donors (Lipinski definition) is 1. The van der Waals surface area contributed by atoms with Crippen LogP contribution >= 0.6 is 0 Å². The highest BCUT2D eigenvalue weighted by Gasteiger charge is 2.41. The predicted octanol–water partition coefficient (Wildman–Crippen LogP) is 6.36. The summed E-state index contributed by atoms with van der Waals surface area (Å²) in [5, 5.41) is 3.09. The second kappa shape index (κ2) is 15.6. The average molecular weight is 407 g/mol. The number of hydrogen-bond acceptors (Lipinski definition) is 2. The average Bonchev–Trinajstić information content (AvgIpc) is 3.12. The first kappa shape index (κ1) is 25.9. The number of aliphatic imine (C=N–C) groups is 1. The normalized spacial score (nSPS) is 20.2. The van der Waals surface area contributed by atoms with Crippen LogP contribution in [0.4, 0.5) is 0 Å². The van der Waals surface area contributed by atoms with Crippen LogP contribution < -0.4 is 5.32 Å². The highest BCUT2D eigenvalue weighted by atomic mass is 16.1. The molecule has 0 radical (unpaired) electrons. The van der Waals surface area contributed by atoms with Gasteiger partial charge in [-0.1, -0.05) is 76.9 Å². The number of likely N-dealkylation sites (N-methyl/N-ethyl adjacent to an activating group) is 1. The van der Waals surface area contributed by atoms with Gasteiger partial charge in [0.1, 0.15) is 6.54 Å². The SMILES string of the molecule is CCCCCCCCCCCC/C=C/CCC1=NCC[N+]1(CC)C(C)NC(C)=O. The minimum Gasteiger partial charge on any atom is -0.307 e. The number of amidine groups is 1. The molecule has 1 heterocycles. The first-order valence-electron chi connectivity index (χ1n) is 12.4. The number of rotatable bonds is 17. The molecule has 1 amide bonds. The lowest BCUT2D eigenvalue weighted by Gasteiger charge is -2.39. The van der Waals surface area contributed by atoms with Crippen LogP contribution in [0.25, 0.3) is 0 Å². The Morgan fingerprint density at radius 1 is 1.00 bits per heavy atom. The Balaban J connectivity index is 2.13. The summed E-state index contributed by atoms with van der Waals surface area (Å²) >= 11 is 0.